The van der Waals surface area contributed by atoms with Gasteiger partial charge in [0.1, 0.15) is 0 Å². The van der Waals surface area contributed by atoms with Gasteiger partial charge >= 0.3 is 0 Å². The van der Waals surface area contributed by atoms with Crippen LogP contribution in [0.5, 0.6) is 5.75 Å². The van der Waals surface area contributed by atoms with Crippen LogP contribution in [0, 0.1) is 11.7 Å². The smallest absolute Gasteiger partial charge is 0.212 e. The van der Waals surface area contributed by atoms with Crippen LogP contribution in [0.3, 0.4) is 0 Å². The Hall–Kier alpha value is -1.44. The van der Waals surface area contributed by atoms with Crippen molar-refractivity contribution in [1.82, 2.24) is 4.72 Å². The maximum Gasteiger partial charge on any atom is 0.212 e. The number of hydrogen-bond donors (Lipinski definition) is 2. The second kappa shape index (κ2) is 9.00. The summed E-state index contributed by atoms with van der Waals surface area (Å²) in [4.78, 5) is 0. The number of sulfonamides is 1. The van der Waals surface area contributed by atoms with Crippen molar-refractivity contribution in [2.24, 2.45) is 5.92 Å². The molecular formula is C16H24FNO4S. The van der Waals surface area contributed by atoms with Gasteiger partial charge in [-0.15, -0.1) is 6.58 Å². The standard InChI is InChI=1S/C16H24FNO4S/c1-4-5-8-23(20,21)18-13(3)14-6-7-15(17)16(9-14)22-11-12(2)10-19/h4,6-7,9,12-13,18-19H,1,5,8,10-11H2,2-3H3/t12-,13-/m1/s1. The highest BCUT2D eigenvalue weighted by atomic mass is 32.2. The summed E-state index contributed by atoms with van der Waals surface area (Å²) in [5, 5.41) is 8.97. The molecule has 0 amide bonds. The summed E-state index contributed by atoms with van der Waals surface area (Å²) in [6.45, 7) is 7.07. The lowest BCUT2D eigenvalue weighted by molar-refractivity contribution is 0.170. The van der Waals surface area contributed by atoms with Crippen molar-refractivity contribution in [3.05, 3.63) is 42.2 Å². The van der Waals surface area contributed by atoms with Crippen LogP contribution in [0.15, 0.2) is 30.9 Å². The van der Waals surface area contributed by atoms with Crippen molar-refractivity contribution < 1.29 is 22.7 Å². The predicted molar refractivity (Wildman–Crippen MR) is 88.3 cm³/mol. The van der Waals surface area contributed by atoms with E-state index in [1.807, 2.05) is 0 Å². The van der Waals surface area contributed by atoms with Crippen molar-refractivity contribution in [1.29, 1.82) is 0 Å². The van der Waals surface area contributed by atoms with E-state index in [4.69, 9.17) is 9.84 Å². The molecule has 23 heavy (non-hydrogen) atoms. The fourth-order valence-electron chi connectivity index (χ4n) is 1.82. The summed E-state index contributed by atoms with van der Waals surface area (Å²) >= 11 is 0. The quantitative estimate of drug-likeness (QED) is 0.639. The van der Waals surface area contributed by atoms with E-state index >= 15 is 0 Å². The van der Waals surface area contributed by atoms with Crippen molar-refractivity contribution in [3.8, 4) is 5.75 Å². The molecule has 130 valence electrons. The van der Waals surface area contributed by atoms with Gasteiger partial charge in [0.2, 0.25) is 10.0 Å². The topological polar surface area (TPSA) is 75.6 Å². The lowest BCUT2D eigenvalue weighted by atomic mass is 10.1. The van der Waals surface area contributed by atoms with Crippen LogP contribution < -0.4 is 9.46 Å². The van der Waals surface area contributed by atoms with Gasteiger partial charge in [0.25, 0.3) is 0 Å². The summed E-state index contributed by atoms with van der Waals surface area (Å²) in [6, 6.07) is 3.71. The molecule has 2 N–H and O–H groups in total. The van der Waals surface area contributed by atoms with Gasteiger partial charge in [-0.05, 0) is 31.0 Å². The third-order valence-electron chi connectivity index (χ3n) is 3.24. The molecule has 5 nitrogen and oxygen atoms in total. The minimum atomic E-state index is -3.43. The Labute approximate surface area is 137 Å². The van der Waals surface area contributed by atoms with E-state index in [0.29, 0.717) is 12.0 Å². The number of aliphatic hydroxyl groups is 1. The van der Waals surface area contributed by atoms with Crippen LogP contribution in [0.25, 0.3) is 0 Å². The Balaban J connectivity index is 2.81. The summed E-state index contributed by atoms with van der Waals surface area (Å²) in [5.74, 6) is -0.646. The predicted octanol–water partition coefficient (Wildman–Crippen LogP) is 2.39. The third-order valence-corrected chi connectivity index (χ3v) is 4.72. The Morgan fingerprint density at radius 1 is 1.43 bits per heavy atom. The molecule has 1 rings (SSSR count). The molecule has 0 aliphatic heterocycles. The van der Waals surface area contributed by atoms with Crippen molar-refractivity contribution in [2.45, 2.75) is 26.3 Å². The second-order valence-corrected chi connectivity index (χ2v) is 7.40. The third kappa shape index (κ3) is 6.68. The first-order valence-corrected chi connectivity index (χ1v) is 9.08. The largest absolute Gasteiger partial charge is 0.490 e. The Bertz CT molecular complexity index is 619. The molecule has 0 fully saturated rings. The zero-order valence-electron chi connectivity index (χ0n) is 13.5. The van der Waals surface area contributed by atoms with Gasteiger partial charge in [0.05, 0.1) is 12.4 Å². The number of halogens is 1. The summed E-state index contributed by atoms with van der Waals surface area (Å²) in [5.41, 5.74) is 0.597. The molecule has 0 aromatic heterocycles. The molecule has 0 spiro atoms. The van der Waals surface area contributed by atoms with E-state index in [9.17, 15) is 12.8 Å². The molecule has 7 heteroatoms. The zero-order valence-corrected chi connectivity index (χ0v) is 14.3. The molecule has 1 aromatic rings. The van der Waals surface area contributed by atoms with Crippen molar-refractivity contribution in [3.63, 3.8) is 0 Å². The molecule has 0 unspecified atom stereocenters. The molecule has 0 radical (unpaired) electrons. The molecule has 2 atom stereocenters. The van der Waals surface area contributed by atoms with E-state index in [0.717, 1.165) is 0 Å². The van der Waals surface area contributed by atoms with Gasteiger partial charge in [-0.25, -0.2) is 17.5 Å². The number of allylic oxidation sites excluding steroid dienone is 1. The fourth-order valence-corrected chi connectivity index (χ4v) is 3.09. The van der Waals surface area contributed by atoms with Gasteiger partial charge in [0.15, 0.2) is 11.6 Å². The fraction of sp³-hybridized carbons (Fsp3) is 0.500. The lowest BCUT2D eigenvalue weighted by Crippen LogP contribution is -2.29. The highest BCUT2D eigenvalue weighted by molar-refractivity contribution is 7.89. The average molecular weight is 345 g/mol. The van der Waals surface area contributed by atoms with Crippen LogP contribution in [0.4, 0.5) is 4.39 Å². The van der Waals surface area contributed by atoms with Crippen LogP contribution in [-0.2, 0) is 10.0 Å². The van der Waals surface area contributed by atoms with Crippen molar-refractivity contribution in [2.75, 3.05) is 19.0 Å². The van der Waals surface area contributed by atoms with Gasteiger partial charge in [0, 0.05) is 18.6 Å². The summed E-state index contributed by atoms with van der Waals surface area (Å²) in [6.07, 6.45) is 1.90. The molecular weight excluding hydrogens is 321 g/mol. The first-order chi connectivity index (χ1) is 10.8. The normalized spacial score (nSPS) is 14.3. The van der Waals surface area contributed by atoms with Gasteiger partial charge in [-0.1, -0.05) is 19.1 Å². The van der Waals surface area contributed by atoms with E-state index in [1.165, 1.54) is 24.3 Å². The maximum absolute atomic E-state index is 13.8. The van der Waals surface area contributed by atoms with Crippen LogP contribution in [-0.4, -0.2) is 32.5 Å². The van der Waals surface area contributed by atoms with E-state index in [-0.39, 0.29) is 30.6 Å². The van der Waals surface area contributed by atoms with Gasteiger partial charge in [-0.3, -0.25) is 0 Å². The molecule has 0 heterocycles. The lowest BCUT2D eigenvalue weighted by Gasteiger charge is -2.17. The van der Waals surface area contributed by atoms with E-state index in [2.05, 4.69) is 11.3 Å². The van der Waals surface area contributed by atoms with Crippen LogP contribution in [0.1, 0.15) is 31.9 Å². The summed E-state index contributed by atoms with van der Waals surface area (Å²) < 4.78 is 45.4. The first kappa shape index (κ1) is 19.6. The number of aliphatic hydroxyl groups excluding tert-OH is 1. The average Bonchev–Trinajstić information content (AvgIpc) is 2.51. The van der Waals surface area contributed by atoms with Gasteiger partial charge < -0.3 is 9.84 Å². The molecule has 0 bridgehead atoms. The van der Waals surface area contributed by atoms with E-state index < -0.39 is 21.9 Å². The molecule has 0 aliphatic rings. The molecule has 0 aliphatic carbocycles. The number of benzene rings is 1. The van der Waals surface area contributed by atoms with Crippen LogP contribution in [0.2, 0.25) is 0 Å². The molecule has 0 saturated heterocycles. The Morgan fingerprint density at radius 2 is 2.13 bits per heavy atom. The monoisotopic (exact) mass is 345 g/mol. The van der Waals surface area contributed by atoms with Gasteiger partial charge in [-0.2, -0.15) is 0 Å². The number of ether oxygens (including phenoxy) is 1. The number of rotatable bonds is 10. The highest BCUT2D eigenvalue weighted by Crippen LogP contribution is 2.24. The highest BCUT2D eigenvalue weighted by Gasteiger charge is 2.17. The minimum absolute atomic E-state index is 0.0416. The molecule has 0 saturated carbocycles. The van der Waals surface area contributed by atoms with Crippen molar-refractivity contribution >= 4 is 10.0 Å². The Morgan fingerprint density at radius 3 is 2.74 bits per heavy atom. The maximum atomic E-state index is 13.8. The summed E-state index contributed by atoms with van der Waals surface area (Å²) in [7, 11) is -3.43. The SMILES string of the molecule is C=CCCS(=O)(=O)N[C@H](C)c1ccc(F)c(OC[C@H](C)CO)c1. The first-order valence-electron chi connectivity index (χ1n) is 7.43. The zero-order chi connectivity index (χ0) is 17.5. The number of nitrogens with one attached hydrogen (secondary N) is 1. The number of hydrogen-bond acceptors (Lipinski definition) is 4. The molecule has 1 aromatic carbocycles. The van der Waals surface area contributed by atoms with Crippen LogP contribution >= 0.6 is 0 Å². The van der Waals surface area contributed by atoms with E-state index in [1.54, 1.807) is 13.8 Å². The Kier molecular flexibility index (Phi) is 7.67. The second-order valence-electron chi connectivity index (χ2n) is 5.52. The minimum Gasteiger partial charge on any atom is -0.490 e.